The van der Waals surface area contributed by atoms with Gasteiger partial charge >= 0.3 is 0 Å². The Kier molecular flexibility index (Phi) is 8.94. The van der Waals surface area contributed by atoms with Crippen molar-refractivity contribution in [1.29, 1.82) is 0 Å². The highest BCUT2D eigenvalue weighted by Crippen LogP contribution is 2.14. The molecule has 29 heavy (non-hydrogen) atoms. The lowest BCUT2D eigenvalue weighted by Crippen LogP contribution is -2.33. The summed E-state index contributed by atoms with van der Waals surface area (Å²) in [6, 6.07) is 13.9. The van der Waals surface area contributed by atoms with E-state index in [9.17, 15) is 14.7 Å². The summed E-state index contributed by atoms with van der Waals surface area (Å²) in [7, 11) is 0. The molecule has 0 aliphatic heterocycles. The van der Waals surface area contributed by atoms with Crippen LogP contribution >= 0.6 is 0 Å². The van der Waals surface area contributed by atoms with Crippen LogP contribution in [-0.2, 0) is 11.3 Å². The Balaban J connectivity index is 1.61. The van der Waals surface area contributed by atoms with Gasteiger partial charge in [0.25, 0.3) is 0 Å². The lowest BCUT2D eigenvalue weighted by molar-refractivity contribution is -0.119. The van der Waals surface area contributed by atoms with Gasteiger partial charge in [0.2, 0.25) is 11.8 Å². The maximum Gasteiger partial charge on any atom is 0.248 e. The lowest BCUT2D eigenvalue weighted by Gasteiger charge is -2.14. The number of hydrogen-bond acceptors (Lipinski definition) is 6. The van der Waals surface area contributed by atoms with Crippen molar-refractivity contribution in [2.45, 2.75) is 19.6 Å². The monoisotopic (exact) mass is 401 g/mol. The van der Waals surface area contributed by atoms with Crippen molar-refractivity contribution in [3.05, 3.63) is 59.7 Å². The van der Waals surface area contributed by atoms with Gasteiger partial charge in [-0.25, -0.2) is 0 Å². The minimum absolute atomic E-state index is 0.0931. The second-order valence-corrected chi connectivity index (χ2v) is 6.46. The molecular weight excluding hydrogens is 374 g/mol. The Hall–Kier alpha value is -3.10. The molecule has 0 saturated heterocycles. The maximum atomic E-state index is 11.0. The molecule has 0 saturated carbocycles. The van der Waals surface area contributed by atoms with Gasteiger partial charge in [-0.2, -0.15) is 0 Å². The third-order valence-electron chi connectivity index (χ3n) is 3.95. The van der Waals surface area contributed by atoms with Crippen molar-refractivity contribution in [2.24, 2.45) is 5.73 Å². The Morgan fingerprint density at radius 2 is 1.86 bits per heavy atom. The van der Waals surface area contributed by atoms with Crippen LogP contribution in [-0.4, -0.2) is 49.3 Å². The van der Waals surface area contributed by atoms with Crippen LogP contribution in [0.3, 0.4) is 0 Å². The number of benzene rings is 2. The molecule has 0 aromatic heterocycles. The van der Waals surface area contributed by atoms with Gasteiger partial charge in [0.15, 0.2) is 0 Å². The molecule has 0 radical (unpaired) electrons. The molecule has 0 fully saturated rings. The van der Waals surface area contributed by atoms with Gasteiger partial charge in [0, 0.05) is 32.1 Å². The van der Waals surface area contributed by atoms with Crippen molar-refractivity contribution in [2.75, 3.05) is 26.3 Å². The topological polar surface area (TPSA) is 123 Å². The van der Waals surface area contributed by atoms with E-state index >= 15 is 0 Å². The van der Waals surface area contributed by atoms with Crippen LogP contribution in [0.5, 0.6) is 11.5 Å². The summed E-state index contributed by atoms with van der Waals surface area (Å²) in [4.78, 5) is 22.0. The molecule has 8 heteroatoms. The smallest absolute Gasteiger partial charge is 0.248 e. The van der Waals surface area contributed by atoms with Gasteiger partial charge < -0.3 is 30.9 Å². The van der Waals surface area contributed by atoms with Gasteiger partial charge in [-0.3, -0.25) is 9.59 Å². The first-order chi connectivity index (χ1) is 13.9. The predicted molar refractivity (Wildman–Crippen MR) is 109 cm³/mol. The van der Waals surface area contributed by atoms with E-state index in [1.807, 2.05) is 18.2 Å². The van der Waals surface area contributed by atoms with E-state index in [1.54, 1.807) is 30.3 Å². The fourth-order valence-corrected chi connectivity index (χ4v) is 2.45. The van der Waals surface area contributed by atoms with Crippen LogP contribution in [0.4, 0.5) is 0 Å². The molecule has 2 aromatic rings. The van der Waals surface area contributed by atoms with E-state index in [0.29, 0.717) is 43.3 Å². The zero-order chi connectivity index (χ0) is 21.1. The first-order valence-corrected chi connectivity index (χ1v) is 9.31. The number of aliphatic hydroxyl groups is 1. The fourth-order valence-electron chi connectivity index (χ4n) is 2.45. The van der Waals surface area contributed by atoms with Crippen molar-refractivity contribution in [1.82, 2.24) is 10.6 Å². The standard InChI is InChI=1S/C21H27N3O5/c1-15(25)24-12-16-3-2-4-20(11-16)29-14-18(26)13-23-9-10-28-19-7-5-17(6-8-19)21(22)27/h2-8,11,18,23,26H,9-10,12-14H2,1H3,(H2,22,27)(H,24,25). The van der Waals surface area contributed by atoms with Crippen molar-refractivity contribution in [3.63, 3.8) is 0 Å². The van der Waals surface area contributed by atoms with Crippen molar-refractivity contribution >= 4 is 11.8 Å². The zero-order valence-corrected chi connectivity index (χ0v) is 16.4. The Morgan fingerprint density at radius 1 is 1.10 bits per heavy atom. The van der Waals surface area contributed by atoms with Gasteiger partial charge in [0.1, 0.15) is 30.8 Å². The summed E-state index contributed by atoms with van der Waals surface area (Å²) >= 11 is 0. The quantitative estimate of drug-likeness (QED) is 0.391. The number of primary amides is 1. The number of carbonyl (C=O) groups is 2. The number of nitrogens with two attached hydrogens (primary N) is 1. The average molecular weight is 401 g/mol. The number of aliphatic hydroxyl groups excluding tert-OH is 1. The summed E-state index contributed by atoms with van der Waals surface area (Å²) in [5.41, 5.74) is 6.54. The molecule has 2 aromatic carbocycles. The number of nitrogens with one attached hydrogen (secondary N) is 2. The molecule has 8 nitrogen and oxygen atoms in total. The van der Waals surface area contributed by atoms with Crippen LogP contribution in [0.2, 0.25) is 0 Å². The number of amides is 2. The molecular formula is C21H27N3O5. The lowest BCUT2D eigenvalue weighted by atomic mass is 10.2. The average Bonchev–Trinajstić information content (AvgIpc) is 2.71. The van der Waals surface area contributed by atoms with Gasteiger partial charge in [-0.1, -0.05) is 12.1 Å². The van der Waals surface area contributed by atoms with Gasteiger partial charge in [-0.15, -0.1) is 0 Å². The summed E-state index contributed by atoms with van der Waals surface area (Å²) < 4.78 is 11.1. The summed E-state index contributed by atoms with van der Waals surface area (Å²) in [5.74, 6) is 0.702. The summed E-state index contributed by atoms with van der Waals surface area (Å²) in [5, 5.41) is 15.8. The van der Waals surface area contributed by atoms with E-state index in [2.05, 4.69) is 10.6 Å². The third kappa shape index (κ3) is 8.63. The highest BCUT2D eigenvalue weighted by atomic mass is 16.5. The molecule has 0 heterocycles. The molecule has 1 atom stereocenters. The Labute approximate surface area is 170 Å². The Bertz CT molecular complexity index is 795. The molecule has 2 rings (SSSR count). The largest absolute Gasteiger partial charge is 0.492 e. The number of rotatable bonds is 12. The van der Waals surface area contributed by atoms with E-state index in [0.717, 1.165) is 5.56 Å². The molecule has 156 valence electrons. The first kappa shape index (κ1) is 22.2. The zero-order valence-electron chi connectivity index (χ0n) is 16.4. The van der Waals surface area contributed by atoms with Gasteiger partial charge in [-0.05, 0) is 42.0 Å². The van der Waals surface area contributed by atoms with E-state index in [4.69, 9.17) is 15.2 Å². The number of hydrogen-bond donors (Lipinski definition) is 4. The predicted octanol–water partition coefficient (Wildman–Crippen LogP) is 0.830. The molecule has 0 aliphatic rings. The number of ether oxygens (including phenoxy) is 2. The molecule has 1 unspecified atom stereocenters. The van der Waals surface area contributed by atoms with E-state index in [1.165, 1.54) is 6.92 Å². The maximum absolute atomic E-state index is 11.0. The number of carbonyl (C=O) groups excluding carboxylic acids is 2. The molecule has 0 spiro atoms. The van der Waals surface area contributed by atoms with E-state index in [-0.39, 0.29) is 12.5 Å². The fraction of sp³-hybridized carbons (Fsp3) is 0.333. The Morgan fingerprint density at radius 3 is 2.55 bits per heavy atom. The van der Waals surface area contributed by atoms with Crippen LogP contribution in [0.15, 0.2) is 48.5 Å². The minimum Gasteiger partial charge on any atom is -0.492 e. The van der Waals surface area contributed by atoms with Gasteiger partial charge in [0.05, 0.1) is 0 Å². The SMILES string of the molecule is CC(=O)NCc1cccc(OCC(O)CNCCOc2ccc(C(N)=O)cc2)c1. The van der Waals surface area contributed by atoms with Crippen molar-refractivity contribution < 1.29 is 24.2 Å². The van der Waals surface area contributed by atoms with Crippen LogP contribution < -0.4 is 25.8 Å². The second kappa shape index (κ2) is 11.7. The van der Waals surface area contributed by atoms with E-state index < -0.39 is 12.0 Å². The van der Waals surface area contributed by atoms with Crippen LogP contribution in [0, 0.1) is 0 Å². The molecule has 0 bridgehead atoms. The molecule has 2 amide bonds. The highest BCUT2D eigenvalue weighted by Gasteiger charge is 2.06. The minimum atomic E-state index is -0.677. The molecule has 0 aliphatic carbocycles. The second-order valence-electron chi connectivity index (χ2n) is 6.46. The summed E-state index contributed by atoms with van der Waals surface area (Å²) in [6.07, 6.45) is -0.677. The van der Waals surface area contributed by atoms with Crippen LogP contribution in [0.25, 0.3) is 0 Å². The first-order valence-electron chi connectivity index (χ1n) is 9.31. The van der Waals surface area contributed by atoms with Crippen molar-refractivity contribution in [3.8, 4) is 11.5 Å². The molecule has 5 N–H and O–H groups in total. The third-order valence-corrected chi connectivity index (χ3v) is 3.95. The van der Waals surface area contributed by atoms with Crippen LogP contribution in [0.1, 0.15) is 22.8 Å². The summed E-state index contributed by atoms with van der Waals surface area (Å²) in [6.45, 7) is 3.35. The normalized spacial score (nSPS) is 11.5. The highest BCUT2D eigenvalue weighted by molar-refractivity contribution is 5.92.